The minimum Gasteiger partial charge on any atom is -0.445 e. The van der Waals surface area contributed by atoms with Gasteiger partial charge in [0.05, 0.1) is 12.1 Å². The average Bonchev–Trinajstić information content (AvgIpc) is 3.32. The zero-order valence-corrected chi connectivity index (χ0v) is 15.1. The Morgan fingerprint density at radius 1 is 1.30 bits per heavy atom. The Bertz CT molecular complexity index is 932. The van der Waals surface area contributed by atoms with Crippen molar-refractivity contribution in [3.05, 3.63) is 71.5 Å². The fourth-order valence-electron chi connectivity index (χ4n) is 3.51. The van der Waals surface area contributed by atoms with E-state index in [2.05, 4.69) is 10.1 Å². The van der Waals surface area contributed by atoms with Crippen molar-refractivity contribution in [3.63, 3.8) is 0 Å². The lowest BCUT2D eigenvalue weighted by Crippen LogP contribution is -2.40. The minimum atomic E-state index is -0.252. The van der Waals surface area contributed by atoms with Crippen LogP contribution in [0.15, 0.2) is 47.1 Å². The van der Waals surface area contributed by atoms with Crippen LogP contribution in [0.2, 0.25) is 0 Å². The number of carbonyl (C=O) groups is 1. The SMILES string of the molecule is Cn1nccc1C(=O)N1CCC[C@@H](c2ncc(Cc3ccc(F)cc3)o2)C1. The van der Waals surface area contributed by atoms with Gasteiger partial charge in [0.2, 0.25) is 0 Å². The molecule has 4 rings (SSSR count). The maximum absolute atomic E-state index is 13.0. The molecule has 0 saturated carbocycles. The van der Waals surface area contributed by atoms with Gasteiger partial charge in [0, 0.05) is 32.8 Å². The number of aryl methyl sites for hydroxylation is 1. The second kappa shape index (κ2) is 7.34. The first-order valence-corrected chi connectivity index (χ1v) is 9.06. The molecule has 6 nitrogen and oxygen atoms in total. The maximum atomic E-state index is 13.0. The minimum absolute atomic E-state index is 0.0159. The third-order valence-corrected chi connectivity index (χ3v) is 4.96. The lowest BCUT2D eigenvalue weighted by atomic mass is 9.97. The van der Waals surface area contributed by atoms with E-state index in [0.29, 0.717) is 24.6 Å². The number of amides is 1. The summed E-state index contributed by atoms with van der Waals surface area (Å²) >= 11 is 0. The Hall–Kier alpha value is -2.96. The summed E-state index contributed by atoms with van der Waals surface area (Å²) < 4.78 is 20.6. The molecular weight excluding hydrogens is 347 g/mol. The normalized spacial score (nSPS) is 17.3. The Morgan fingerprint density at radius 2 is 2.11 bits per heavy atom. The third kappa shape index (κ3) is 3.77. The van der Waals surface area contributed by atoms with Gasteiger partial charge in [-0.25, -0.2) is 9.37 Å². The number of halogens is 1. The largest absolute Gasteiger partial charge is 0.445 e. The van der Waals surface area contributed by atoms with Gasteiger partial charge in [0.1, 0.15) is 17.3 Å². The van der Waals surface area contributed by atoms with E-state index < -0.39 is 0 Å². The average molecular weight is 368 g/mol. The van der Waals surface area contributed by atoms with Gasteiger partial charge in [0.25, 0.3) is 5.91 Å². The van der Waals surface area contributed by atoms with Crippen LogP contribution in [0.5, 0.6) is 0 Å². The van der Waals surface area contributed by atoms with Gasteiger partial charge < -0.3 is 9.32 Å². The molecule has 0 N–H and O–H groups in total. The van der Waals surface area contributed by atoms with E-state index in [1.165, 1.54) is 12.1 Å². The van der Waals surface area contributed by atoms with Gasteiger partial charge in [0.15, 0.2) is 5.89 Å². The van der Waals surface area contributed by atoms with Crippen LogP contribution in [0.4, 0.5) is 4.39 Å². The van der Waals surface area contributed by atoms with Gasteiger partial charge in [-0.15, -0.1) is 0 Å². The summed E-state index contributed by atoms with van der Waals surface area (Å²) in [4.78, 5) is 19.0. The Morgan fingerprint density at radius 3 is 2.85 bits per heavy atom. The van der Waals surface area contributed by atoms with Crippen LogP contribution in [0.25, 0.3) is 0 Å². The summed E-state index contributed by atoms with van der Waals surface area (Å²) in [6.07, 6.45) is 5.76. The van der Waals surface area contributed by atoms with Crippen LogP contribution in [-0.2, 0) is 13.5 Å². The molecule has 7 heteroatoms. The molecule has 0 aliphatic carbocycles. The van der Waals surface area contributed by atoms with Crippen molar-refractivity contribution in [3.8, 4) is 0 Å². The van der Waals surface area contributed by atoms with Crippen molar-refractivity contribution in [1.29, 1.82) is 0 Å². The van der Waals surface area contributed by atoms with Crippen LogP contribution in [0.3, 0.4) is 0 Å². The number of likely N-dealkylation sites (tertiary alicyclic amines) is 1. The van der Waals surface area contributed by atoms with Crippen LogP contribution in [-0.4, -0.2) is 38.7 Å². The molecule has 140 valence electrons. The van der Waals surface area contributed by atoms with E-state index in [-0.39, 0.29) is 17.6 Å². The van der Waals surface area contributed by atoms with E-state index in [9.17, 15) is 9.18 Å². The van der Waals surface area contributed by atoms with Crippen molar-refractivity contribution in [2.45, 2.75) is 25.2 Å². The number of hydrogen-bond acceptors (Lipinski definition) is 4. The molecule has 1 fully saturated rings. The molecule has 1 aliphatic heterocycles. The van der Waals surface area contributed by atoms with Crippen molar-refractivity contribution >= 4 is 5.91 Å². The molecule has 0 bridgehead atoms. The lowest BCUT2D eigenvalue weighted by Gasteiger charge is -2.31. The monoisotopic (exact) mass is 368 g/mol. The van der Waals surface area contributed by atoms with Crippen molar-refractivity contribution in [2.24, 2.45) is 7.05 Å². The summed E-state index contributed by atoms with van der Waals surface area (Å²) in [5.74, 6) is 1.22. The molecule has 0 radical (unpaired) electrons. The molecule has 0 unspecified atom stereocenters. The highest BCUT2D eigenvalue weighted by Crippen LogP contribution is 2.28. The lowest BCUT2D eigenvalue weighted by molar-refractivity contribution is 0.0686. The first kappa shape index (κ1) is 17.5. The van der Waals surface area contributed by atoms with Crippen molar-refractivity contribution in [2.75, 3.05) is 13.1 Å². The van der Waals surface area contributed by atoms with Gasteiger partial charge in [-0.05, 0) is 36.6 Å². The van der Waals surface area contributed by atoms with Gasteiger partial charge in [-0.2, -0.15) is 5.10 Å². The van der Waals surface area contributed by atoms with Crippen molar-refractivity contribution in [1.82, 2.24) is 19.7 Å². The topological polar surface area (TPSA) is 64.2 Å². The van der Waals surface area contributed by atoms with Crippen LogP contribution < -0.4 is 0 Å². The highest BCUT2D eigenvalue weighted by atomic mass is 19.1. The number of carbonyl (C=O) groups excluding carboxylic acids is 1. The molecule has 1 aromatic carbocycles. The molecular formula is C20H21FN4O2. The van der Waals surface area contributed by atoms with Crippen LogP contribution >= 0.6 is 0 Å². The number of nitrogens with zero attached hydrogens (tertiary/aromatic N) is 4. The standard InChI is InChI=1S/C20H21FN4O2/c1-24-18(8-9-23-24)20(26)25-10-2-3-15(13-25)19-22-12-17(27-19)11-14-4-6-16(21)7-5-14/h4-9,12,15H,2-3,10-11,13H2,1H3/t15-/m1/s1. The predicted octanol–water partition coefficient (Wildman–Crippen LogP) is 3.16. The predicted molar refractivity (Wildman–Crippen MR) is 96.8 cm³/mol. The second-order valence-corrected chi connectivity index (χ2v) is 6.90. The van der Waals surface area contributed by atoms with Crippen LogP contribution in [0.1, 0.15) is 46.5 Å². The summed E-state index contributed by atoms with van der Waals surface area (Å²) in [6.45, 7) is 1.31. The fourth-order valence-corrected chi connectivity index (χ4v) is 3.51. The third-order valence-electron chi connectivity index (χ3n) is 4.96. The summed E-state index contributed by atoms with van der Waals surface area (Å²) in [6, 6.07) is 8.10. The molecule has 0 spiro atoms. The molecule has 27 heavy (non-hydrogen) atoms. The molecule has 1 amide bonds. The van der Waals surface area contributed by atoms with Crippen molar-refractivity contribution < 1.29 is 13.6 Å². The van der Waals surface area contributed by atoms with Gasteiger partial charge >= 0.3 is 0 Å². The van der Waals surface area contributed by atoms with E-state index in [1.54, 1.807) is 42.3 Å². The van der Waals surface area contributed by atoms with E-state index >= 15 is 0 Å². The Balaban J connectivity index is 1.44. The smallest absolute Gasteiger partial charge is 0.272 e. The summed E-state index contributed by atoms with van der Waals surface area (Å²) in [7, 11) is 1.77. The molecule has 2 aromatic heterocycles. The van der Waals surface area contributed by atoms with E-state index in [1.807, 2.05) is 4.90 Å². The molecule has 1 saturated heterocycles. The second-order valence-electron chi connectivity index (χ2n) is 6.90. The molecule has 3 heterocycles. The highest BCUT2D eigenvalue weighted by Gasteiger charge is 2.29. The molecule has 1 aliphatic rings. The number of rotatable bonds is 4. The quantitative estimate of drug-likeness (QED) is 0.710. The number of hydrogen-bond donors (Lipinski definition) is 0. The zero-order chi connectivity index (χ0) is 18.8. The first-order valence-electron chi connectivity index (χ1n) is 9.06. The maximum Gasteiger partial charge on any atom is 0.272 e. The zero-order valence-electron chi connectivity index (χ0n) is 15.1. The fraction of sp³-hybridized carbons (Fsp3) is 0.350. The highest BCUT2D eigenvalue weighted by molar-refractivity contribution is 5.92. The van der Waals surface area contributed by atoms with Gasteiger partial charge in [-0.1, -0.05) is 12.1 Å². The number of oxazole rings is 1. The Labute approximate surface area is 156 Å². The molecule has 3 aromatic rings. The summed E-state index contributed by atoms with van der Waals surface area (Å²) in [5.41, 5.74) is 1.55. The van der Waals surface area contributed by atoms with Gasteiger partial charge in [-0.3, -0.25) is 9.48 Å². The van der Waals surface area contributed by atoms with E-state index in [0.717, 1.165) is 30.7 Å². The first-order chi connectivity index (χ1) is 13.1. The molecule has 1 atom stereocenters. The number of piperidine rings is 1. The number of aromatic nitrogens is 3. The van der Waals surface area contributed by atoms with E-state index in [4.69, 9.17) is 4.42 Å². The van der Waals surface area contributed by atoms with Crippen LogP contribution in [0, 0.1) is 5.82 Å². The Kier molecular flexibility index (Phi) is 4.75. The summed E-state index contributed by atoms with van der Waals surface area (Å²) in [5, 5.41) is 4.07. The number of benzene rings is 1.